The van der Waals surface area contributed by atoms with Gasteiger partial charge < -0.3 is 14.8 Å². The highest BCUT2D eigenvalue weighted by Gasteiger charge is 2.32. The molecular formula is C14H12F3NO3. The predicted molar refractivity (Wildman–Crippen MR) is 69.1 cm³/mol. The van der Waals surface area contributed by atoms with Gasteiger partial charge in [-0.25, -0.2) is 4.79 Å². The second-order valence-corrected chi connectivity index (χ2v) is 4.44. The van der Waals surface area contributed by atoms with E-state index in [0.717, 1.165) is 12.1 Å². The third-order valence-corrected chi connectivity index (χ3v) is 2.92. The van der Waals surface area contributed by atoms with E-state index in [0.29, 0.717) is 11.8 Å². The van der Waals surface area contributed by atoms with Gasteiger partial charge in [0.2, 0.25) is 0 Å². The maximum absolute atomic E-state index is 12.6. The summed E-state index contributed by atoms with van der Waals surface area (Å²) in [4.78, 5) is 11.1. The molecule has 1 atom stereocenters. The van der Waals surface area contributed by atoms with Gasteiger partial charge in [0.25, 0.3) is 0 Å². The molecule has 0 amide bonds. The molecule has 0 bridgehead atoms. The van der Waals surface area contributed by atoms with Crippen LogP contribution >= 0.6 is 0 Å². The van der Waals surface area contributed by atoms with Crippen molar-refractivity contribution in [3.8, 4) is 0 Å². The number of nitrogens with one attached hydrogen (secondary N) is 1. The normalized spacial score (nSPS) is 13.0. The summed E-state index contributed by atoms with van der Waals surface area (Å²) in [5.41, 5.74) is -1.35. The van der Waals surface area contributed by atoms with E-state index >= 15 is 0 Å². The quantitative estimate of drug-likeness (QED) is 0.889. The van der Waals surface area contributed by atoms with Gasteiger partial charge in [0.1, 0.15) is 5.76 Å². The van der Waals surface area contributed by atoms with Crippen molar-refractivity contribution in [1.82, 2.24) is 0 Å². The molecule has 2 rings (SSSR count). The average molecular weight is 299 g/mol. The Hall–Kier alpha value is -2.44. The van der Waals surface area contributed by atoms with Gasteiger partial charge in [-0.15, -0.1) is 0 Å². The van der Waals surface area contributed by atoms with Crippen molar-refractivity contribution in [1.29, 1.82) is 0 Å². The molecule has 0 spiro atoms. The van der Waals surface area contributed by atoms with Crippen molar-refractivity contribution in [2.75, 3.05) is 5.32 Å². The van der Waals surface area contributed by atoms with Crippen LogP contribution in [0.3, 0.4) is 0 Å². The second-order valence-electron chi connectivity index (χ2n) is 4.44. The maximum atomic E-state index is 12.6. The molecule has 21 heavy (non-hydrogen) atoms. The first-order chi connectivity index (χ1) is 9.79. The van der Waals surface area contributed by atoms with E-state index in [-0.39, 0.29) is 11.7 Å². The standard InChI is InChI=1S/C14H12F3NO3/c1-8(12-3-2-6-21-12)18-11-5-4-9(14(15,16)17)7-10(11)13(19)20/h2-8,18H,1H3,(H,19,20). The van der Waals surface area contributed by atoms with Crippen LogP contribution < -0.4 is 5.32 Å². The summed E-state index contributed by atoms with van der Waals surface area (Å²) < 4.78 is 43.0. The molecule has 0 saturated heterocycles. The van der Waals surface area contributed by atoms with E-state index in [9.17, 15) is 18.0 Å². The molecule has 2 N–H and O–H groups in total. The molecule has 0 aliphatic rings. The van der Waals surface area contributed by atoms with Crippen molar-refractivity contribution in [2.24, 2.45) is 0 Å². The van der Waals surface area contributed by atoms with Gasteiger partial charge in [0.05, 0.1) is 23.4 Å². The Morgan fingerprint density at radius 1 is 1.33 bits per heavy atom. The molecule has 1 aromatic carbocycles. The Labute approximate surface area is 118 Å². The number of furan rings is 1. The lowest BCUT2D eigenvalue weighted by Gasteiger charge is -2.16. The van der Waals surface area contributed by atoms with Crippen LogP contribution in [0.25, 0.3) is 0 Å². The number of aromatic carboxylic acids is 1. The van der Waals surface area contributed by atoms with E-state index < -0.39 is 23.3 Å². The molecule has 0 saturated carbocycles. The fourth-order valence-corrected chi connectivity index (χ4v) is 1.87. The van der Waals surface area contributed by atoms with Crippen LogP contribution in [0, 0.1) is 0 Å². The van der Waals surface area contributed by atoms with Gasteiger partial charge in [-0.1, -0.05) is 0 Å². The fourth-order valence-electron chi connectivity index (χ4n) is 1.87. The first-order valence-corrected chi connectivity index (χ1v) is 6.03. The van der Waals surface area contributed by atoms with Crippen LogP contribution in [0.15, 0.2) is 41.0 Å². The highest BCUT2D eigenvalue weighted by atomic mass is 19.4. The highest BCUT2D eigenvalue weighted by molar-refractivity contribution is 5.94. The summed E-state index contributed by atoms with van der Waals surface area (Å²) in [6, 6.07) is 5.52. The fraction of sp³-hybridized carbons (Fsp3) is 0.214. The molecule has 0 aliphatic carbocycles. The largest absolute Gasteiger partial charge is 0.478 e. The highest BCUT2D eigenvalue weighted by Crippen LogP contribution is 2.32. The zero-order valence-corrected chi connectivity index (χ0v) is 10.9. The van der Waals surface area contributed by atoms with Gasteiger partial charge in [0, 0.05) is 5.69 Å². The molecule has 4 nitrogen and oxygen atoms in total. The van der Waals surface area contributed by atoms with Gasteiger partial charge in [-0.2, -0.15) is 13.2 Å². The SMILES string of the molecule is CC(Nc1ccc(C(F)(F)F)cc1C(=O)O)c1ccco1. The summed E-state index contributed by atoms with van der Waals surface area (Å²) in [7, 11) is 0. The van der Waals surface area contributed by atoms with Crippen molar-refractivity contribution < 1.29 is 27.5 Å². The number of hydrogen-bond acceptors (Lipinski definition) is 3. The van der Waals surface area contributed by atoms with Crippen molar-refractivity contribution >= 4 is 11.7 Å². The topological polar surface area (TPSA) is 62.5 Å². The number of carboxylic acids is 1. The lowest BCUT2D eigenvalue weighted by atomic mass is 10.1. The zero-order valence-electron chi connectivity index (χ0n) is 10.9. The van der Waals surface area contributed by atoms with E-state index in [1.165, 1.54) is 6.26 Å². The predicted octanol–water partition coefficient (Wildman–Crippen LogP) is 4.17. The second kappa shape index (κ2) is 5.51. The maximum Gasteiger partial charge on any atom is 0.416 e. The number of benzene rings is 1. The molecule has 0 fully saturated rings. The molecule has 1 aromatic heterocycles. The van der Waals surface area contributed by atoms with Crippen LogP contribution in [-0.2, 0) is 6.18 Å². The number of carbonyl (C=O) groups is 1. The third-order valence-electron chi connectivity index (χ3n) is 2.92. The number of alkyl halides is 3. The minimum Gasteiger partial charge on any atom is -0.478 e. The molecule has 1 heterocycles. The Bertz CT molecular complexity index is 635. The van der Waals surface area contributed by atoms with Crippen LogP contribution in [0.5, 0.6) is 0 Å². The molecule has 0 radical (unpaired) electrons. The van der Waals surface area contributed by atoms with Crippen LogP contribution in [0.1, 0.15) is 34.6 Å². The molecule has 112 valence electrons. The monoisotopic (exact) mass is 299 g/mol. The molecule has 1 unspecified atom stereocenters. The van der Waals surface area contributed by atoms with E-state index in [2.05, 4.69) is 5.32 Å². The van der Waals surface area contributed by atoms with Crippen molar-refractivity contribution in [2.45, 2.75) is 19.1 Å². The minimum absolute atomic E-state index is 0.0967. The molecular weight excluding hydrogens is 287 g/mol. The summed E-state index contributed by atoms with van der Waals surface area (Å²) in [5, 5.41) is 11.9. The van der Waals surface area contributed by atoms with Gasteiger partial charge in [0.15, 0.2) is 0 Å². The van der Waals surface area contributed by atoms with Gasteiger partial charge in [-0.05, 0) is 37.3 Å². The van der Waals surface area contributed by atoms with E-state index in [1.807, 2.05) is 0 Å². The number of hydrogen-bond donors (Lipinski definition) is 2. The molecule has 0 aliphatic heterocycles. The zero-order chi connectivity index (χ0) is 15.6. The van der Waals surface area contributed by atoms with Crippen molar-refractivity contribution in [3.05, 3.63) is 53.5 Å². The van der Waals surface area contributed by atoms with E-state index in [4.69, 9.17) is 9.52 Å². The summed E-state index contributed by atoms with van der Waals surface area (Å²) in [6.07, 6.45) is -3.13. The van der Waals surface area contributed by atoms with E-state index in [1.54, 1.807) is 19.1 Å². The first kappa shape index (κ1) is 15.0. The number of halogens is 3. The number of carboxylic acid groups (broad SMARTS) is 1. The molecule has 7 heteroatoms. The van der Waals surface area contributed by atoms with Crippen LogP contribution in [0.4, 0.5) is 18.9 Å². The Kier molecular flexibility index (Phi) is 3.93. The Morgan fingerprint density at radius 3 is 2.57 bits per heavy atom. The number of anilines is 1. The lowest BCUT2D eigenvalue weighted by Crippen LogP contribution is -2.13. The Morgan fingerprint density at radius 2 is 2.05 bits per heavy atom. The third kappa shape index (κ3) is 3.36. The lowest BCUT2D eigenvalue weighted by molar-refractivity contribution is -0.137. The average Bonchev–Trinajstić information content (AvgIpc) is 2.91. The van der Waals surface area contributed by atoms with Crippen LogP contribution in [0.2, 0.25) is 0 Å². The first-order valence-electron chi connectivity index (χ1n) is 6.03. The number of rotatable bonds is 4. The van der Waals surface area contributed by atoms with Crippen LogP contribution in [-0.4, -0.2) is 11.1 Å². The summed E-state index contributed by atoms with van der Waals surface area (Å²) in [6.45, 7) is 1.71. The van der Waals surface area contributed by atoms with Gasteiger partial charge >= 0.3 is 12.1 Å². The van der Waals surface area contributed by atoms with Crippen molar-refractivity contribution in [3.63, 3.8) is 0 Å². The van der Waals surface area contributed by atoms with Gasteiger partial charge in [-0.3, -0.25) is 0 Å². The minimum atomic E-state index is -4.59. The Balaban J connectivity index is 2.33. The summed E-state index contributed by atoms with van der Waals surface area (Å²) in [5.74, 6) is -0.888. The smallest absolute Gasteiger partial charge is 0.416 e. The summed E-state index contributed by atoms with van der Waals surface area (Å²) >= 11 is 0. The molecule has 2 aromatic rings.